The van der Waals surface area contributed by atoms with Crippen LogP contribution in [-0.4, -0.2) is 52.3 Å². The van der Waals surface area contributed by atoms with Gasteiger partial charge in [0.05, 0.1) is 0 Å². The lowest BCUT2D eigenvalue weighted by molar-refractivity contribution is -0.141. The van der Waals surface area contributed by atoms with Crippen LogP contribution in [0.1, 0.15) is 78.6 Å². The highest BCUT2D eigenvalue weighted by Crippen LogP contribution is 2.41. The second kappa shape index (κ2) is 8.38. The van der Waals surface area contributed by atoms with Gasteiger partial charge in [0.1, 0.15) is 11.6 Å². The number of amides is 1. The molecule has 2 heterocycles. The number of aliphatic carboxylic acids is 1. The molecule has 1 amide bonds. The molecule has 3 atom stereocenters. The van der Waals surface area contributed by atoms with Gasteiger partial charge in [0.15, 0.2) is 0 Å². The van der Waals surface area contributed by atoms with Crippen LogP contribution in [0.5, 0.6) is 0 Å². The zero-order valence-corrected chi connectivity index (χ0v) is 17.1. The lowest BCUT2D eigenvalue weighted by atomic mass is 9.83. The van der Waals surface area contributed by atoms with Gasteiger partial charge in [-0.1, -0.05) is 19.3 Å². The van der Waals surface area contributed by atoms with Crippen LogP contribution in [0.3, 0.4) is 0 Å². The second-order valence-electron chi connectivity index (χ2n) is 9.78. The van der Waals surface area contributed by atoms with Crippen LogP contribution in [0.4, 0.5) is 4.79 Å². The molecule has 1 aliphatic carbocycles. The van der Waals surface area contributed by atoms with Crippen molar-refractivity contribution >= 4 is 12.1 Å². The number of hydrogen-bond donors (Lipinski definition) is 2. The number of nitrogens with one attached hydrogen (secondary N) is 1. The van der Waals surface area contributed by atoms with Gasteiger partial charge in [0, 0.05) is 18.6 Å². The molecule has 154 valence electrons. The highest BCUT2D eigenvalue weighted by molar-refractivity contribution is 5.80. The number of ether oxygens (including phenoxy) is 1. The normalized spacial score (nSPS) is 30.7. The van der Waals surface area contributed by atoms with Crippen molar-refractivity contribution in [3.05, 3.63) is 0 Å². The molecular formula is C21H36N2O4. The van der Waals surface area contributed by atoms with Crippen molar-refractivity contribution in [2.24, 2.45) is 11.8 Å². The predicted octanol–water partition coefficient (Wildman–Crippen LogP) is 3.79. The summed E-state index contributed by atoms with van der Waals surface area (Å²) in [7, 11) is 0. The molecule has 2 N–H and O–H groups in total. The number of fused-ring (bicyclic) bond motifs is 2. The van der Waals surface area contributed by atoms with Crippen molar-refractivity contribution in [1.82, 2.24) is 10.2 Å². The third-order valence-corrected chi connectivity index (χ3v) is 6.52. The lowest BCUT2D eigenvalue weighted by Crippen LogP contribution is -2.54. The Balaban J connectivity index is 1.59. The third kappa shape index (κ3) is 5.37. The van der Waals surface area contributed by atoms with E-state index in [2.05, 4.69) is 10.2 Å². The van der Waals surface area contributed by atoms with Crippen molar-refractivity contribution in [3.8, 4) is 0 Å². The third-order valence-electron chi connectivity index (χ3n) is 6.52. The van der Waals surface area contributed by atoms with Gasteiger partial charge in [0.2, 0.25) is 0 Å². The fraction of sp³-hybridized carbons (Fsp3) is 0.905. The Morgan fingerprint density at radius 3 is 2.19 bits per heavy atom. The number of alkyl carbamates (subject to hydrolysis) is 1. The van der Waals surface area contributed by atoms with Crippen molar-refractivity contribution < 1.29 is 19.4 Å². The van der Waals surface area contributed by atoms with Crippen molar-refractivity contribution in [2.45, 2.75) is 102 Å². The van der Waals surface area contributed by atoms with Crippen LogP contribution in [0.15, 0.2) is 0 Å². The van der Waals surface area contributed by atoms with Crippen LogP contribution in [-0.2, 0) is 9.53 Å². The average Bonchev–Trinajstić information content (AvgIpc) is 2.80. The largest absolute Gasteiger partial charge is 0.480 e. The molecule has 0 aromatic rings. The standard InChI is InChI=1S/C21H36N2O4/c1-21(2,3)27-20(26)22-18(19(24)25)15-11-16-9-10-17(12-15)23(16)13-14-7-5-4-6-8-14/h14-18H,4-13H2,1-3H3,(H,22,26)(H,24,25)/t15?,16?,17?,18-/m0/s1. The maximum Gasteiger partial charge on any atom is 0.408 e. The molecule has 3 aliphatic rings. The van der Waals surface area contributed by atoms with Crippen LogP contribution in [0.2, 0.25) is 0 Å². The number of piperidine rings is 1. The number of carboxylic acid groups (broad SMARTS) is 1. The predicted molar refractivity (Wildman–Crippen MR) is 104 cm³/mol. The molecule has 1 saturated carbocycles. The maximum absolute atomic E-state index is 12.1. The van der Waals surface area contributed by atoms with Gasteiger partial charge in [-0.3, -0.25) is 4.90 Å². The molecule has 0 spiro atoms. The summed E-state index contributed by atoms with van der Waals surface area (Å²) in [5.41, 5.74) is -0.629. The Labute approximate surface area is 163 Å². The highest BCUT2D eigenvalue weighted by atomic mass is 16.6. The maximum atomic E-state index is 12.1. The van der Waals surface area contributed by atoms with Gasteiger partial charge in [0.25, 0.3) is 0 Å². The number of carbonyl (C=O) groups excluding carboxylic acids is 1. The zero-order chi connectivity index (χ0) is 19.6. The molecule has 6 nitrogen and oxygen atoms in total. The molecule has 3 rings (SSSR count). The molecular weight excluding hydrogens is 344 g/mol. The quantitative estimate of drug-likeness (QED) is 0.759. The van der Waals surface area contributed by atoms with E-state index in [1.807, 2.05) is 0 Å². The van der Waals surface area contributed by atoms with Gasteiger partial charge < -0.3 is 15.2 Å². The van der Waals surface area contributed by atoms with Gasteiger partial charge in [-0.25, -0.2) is 9.59 Å². The molecule has 2 unspecified atom stereocenters. The van der Waals surface area contributed by atoms with Gasteiger partial charge >= 0.3 is 12.1 Å². The molecule has 0 aromatic heterocycles. The summed E-state index contributed by atoms with van der Waals surface area (Å²) in [6.45, 7) is 6.53. The van der Waals surface area contributed by atoms with Crippen LogP contribution >= 0.6 is 0 Å². The van der Waals surface area contributed by atoms with E-state index in [1.54, 1.807) is 20.8 Å². The first-order valence-corrected chi connectivity index (χ1v) is 10.7. The van der Waals surface area contributed by atoms with Crippen LogP contribution < -0.4 is 5.32 Å². The lowest BCUT2D eigenvalue weighted by Gasteiger charge is -2.42. The minimum absolute atomic E-state index is 0.0184. The Morgan fingerprint density at radius 1 is 1.07 bits per heavy atom. The Kier molecular flexibility index (Phi) is 6.34. The molecule has 3 fully saturated rings. The fourth-order valence-corrected chi connectivity index (χ4v) is 5.37. The molecule has 2 saturated heterocycles. The van der Waals surface area contributed by atoms with Gasteiger partial charge in [-0.2, -0.15) is 0 Å². The Bertz CT molecular complexity index is 525. The van der Waals surface area contributed by atoms with Crippen LogP contribution in [0.25, 0.3) is 0 Å². The molecule has 0 radical (unpaired) electrons. The SMILES string of the molecule is CC(C)(C)OC(=O)N[C@H](C(=O)O)C1CC2CCC(C1)N2CC1CCCCC1. The molecule has 2 bridgehead atoms. The van der Waals surface area contributed by atoms with Crippen LogP contribution in [0, 0.1) is 11.8 Å². The van der Waals surface area contributed by atoms with E-state index in [4.69, 9.17) is 4.74 Å². The smallest absolute Gasteiger partial charge is 0.408 e. The molecule has 2 aliphatic heterocycles. The van der Waals surface area contributed by atoms with E-state index in [1.165, 1.54) is 38.6 Å². The summed E-state index contributed by atoms with van der Waals surface area (Å²) in [6, 6.07) is 0.0794. The van der Waals surface area contributed by atoms with E-state index in [-0.39, 0.29) is 5.92 Å². The summed E-state index contributed by atoms with van der Waals surface area (Å²) in [5, 5.41) is 12.3. The van der Waals surface area contributed by atoms with Gasteiger partial charge in [-0.15, -0.1) is 0 Å². The summed E-state index contributed by atoms with van der Waals surface area (Å²) in [5.74, 6) is -0.158. The first-order chi connectivity index (χ1) is 12.7. The van der Waals surface area contributed by atoms with Crippen molar-refractivity contribution in [1.29, 1.82) is 0 Å². The summed E-state index contributed by atoms with van der Waals surface area (Å²) in [6.07, 6.45) is 10.2. The van der Waals surface area contributed by atoms with E-state index in [9.17, 15) is 14.7 Å². The van der Waals surface area contributed by atoms with E-state index in [0.29, 0.717) is 12.1 Å². The Hall–Kier alpha value is -1.30. The molecule has 6 heteroatoms. The summed E-state index contributed by atoms with van der Waals surface area (Å²) in [4.78, 5) is 26.6. The zero-order valence-electron chi connectivity index (χ0n) is 17.1. The monoisotopic (exact) mass is 380 g/mol. The second-order valence-corrected chi connectivity index (χ2v) is 9.78. The van der Waals surface area contributed by atoms with Crippen molar-refractivity contribution in [3.63, 3.8) is 0 Å². The number of hydrogen-bond acceptors (Lipinski definition) is 4. The first-order valence-electron chi connectivity index (χ1n) is 10.7. The topological polar surface area (TPSA) is 78.9 Å². The minimum atomic E-state index is -0.953. The molecule has 0 aromatic carbocycles. The number of nitrogens with zero attached hydrogens (tertiary/aromatic N) is 1. The number of rotatable bonds is 5. The summed E-state index contributed by atoms with van der Waals surface area (Å²) >= 11 is 0. The van der Waals surface area contributed by atoms with Crippen molar-refractivity contribution in [2.75, 3.05) is 6.54 Å². The Morgan fingerprint density at radius 2 is 1.67 bits per heavy atom. The summed E-state index contributed by atoms with van der Waals surface area (Å²) < 4.78 is 5.28. The van der Waals surface area contributed by atoms with E-state index >= 15 is 0 Å². The number of carboxylic acids is 1. The van der Waals surface area contributed by atoms with Gasteiger partial charge in [-0.05, 0) is 71.1 Å². The van der Waals surface area contributed by atoms with E-state index < -0.39 is 23.7 Å². The molecule has 27 heavy (non-hydrogen) atoms. The minimum Gasteiger partial charge on any atom is -0.480 e. The average molecular weight is 381 g/mol. The highest BCUT2D eigenvalue weighted by Gasteiger charge is 2.45. The number of carbonyl (C=O) groups is 2. The van der Waals surface area contributed by atoms with E-state index in [0.717, 1.165) is 31.6 Å². The first kappa shape index (κ1) is 20.4. The fourth-order valence-electron chi connectivity index (χ4n) is 5.37.